The minimum atomic E-state index is -0.0744. The van der Waals surface area contributed by atoms with Crippen LogP contribution in [0.4, 0.5) is 0 Å². The standard InChI is InChI=1S/C42H46O4/c1(9-27-43-39-17-7-10-28-44-39)2-12-31-19-23-33(24-20-31)41-35-13-3-5-15-37(35)42(38-16-6-4-14-36(38)41)34-25-21-32(22-26-34)30-46-40-18-8-11-29-45-40/h3-6,13-16,19-26,39-40H,1-2,7-12,17-18,27-30H2. The number of aryl methyl sites for hydroxylation is 1. The predicted octanol–water partition coefficient (Wildman–Crippen LogP) is 10.6. The fourth-order valence-corrected chi connectivity index (χ4v) is 7.05. The monoisotopic (exact) mass is 614 g/mol. The van der Waals surface area contributed by atoms with Gasteiger partial charge in [-0.25, -0.2) is 0 Å². The summed E-state index contributed by atoms with van der Waals surface area (Å²) < 4.78 is 23.4. The van der Waals surface area contributed by atoms with Gasteiger partial charge in [-0.05, 0) is 113 Å². The van der Waals surface area contributed by atoms with Crippen LogP contribution >= 0.6 is 0 Å². The summed E-state index contributed by atoms with van der Waals surface area (Å²) in [6.07, 6.45) is 11.2. The van der Waals surface area contributed by atoms with Crippen LogP contribution < -0.4 is 0 Å². The summed E-state index contributed by atoms with van der Waals surface area (Å²) >= 11 is 0. The van der Waals surface area contributed by atoms with E-state index in [1.165, 1.54) is 87.0 Å². The zero-order valence-corrected chi connectivity index (χ0v) is 26.9. The molecular formula is C42H46O4. The summed E-state index contributed by atoms with van der Waals surface area (Å²) in [4.78, 5) is 0. The molecule has 2 heterocycles. The molecule has 46 heavy (non-hydrogen) atoms. The number of rotatable bonds is 12. The van der Waals surface area contributed by atoms with Crippen molar-refractivity contribution in [3.05, 3.63) is 108 Å². The minimum absolute atomic E-state index is 0.0229. The molecule has 4 heteroatoms. The Hall–Kier alpha value is -3.54. The van der Waals surface area contributed by atoms with Crippen molar-refractivity contribution in [1.29, 1.82) is 0 Å². The van der Waals surface area contributed by atoms with Crippen LogP contribution in [-0.4, -0.2) is 32.4 Å². The van der Waals surface area contributed by atoms with Crippen molar-refractivity contribution in [2.45, 2.75) is 83.4 Å². The highest BCUT2D eigenvalue weighted by molar-refractivity contribution is 6.21. The Morgan fingerprint density at radius 2 is 1.00 bits per heavy atom. The van der Waals surface area contributed by atoms with Gasteiger partial charge in [-0.15, -0.1) is 0 Å². The highest BCUT2D eigenvalue weighted by Crippen LogP contribution is 2.43. The molecule has 5 aromatic carbocycles. The number of hydrogen-bond acceptors (Lipinski definition) is 4. The van der Waals surface area contributed by atoms with Crippen LogP contribution in [0.25, 0.3) is 43.8 Å². The SMILES string of the molecule is c1ccc2c(-c3ccc(COC4CCCCO4)cc3)c3ccccc3c(-c3ccc(CCCCCOC4CCCCO4)cc3)c2c1. The molecule has 0 spiro atoms. The van der Waals surface area contributed by atoms with Crippen LogP contribution in [0.5, 0.6) is 0 Å². The molecule has 0 bridgehead atoms. The number of fused-ring (bicyclic) bond motifs is 2. The molecule has 238 valence electrons. The first-order chi connectivity index (χ1) is 22.8. The van der Waals surface area contributed by atoms with Crippen LogP contribution in [0.15, 0.2) is 97.1 Å². The van der Waals surface area contributed by atoms with Gasteiger partial charge < -0.3 is 18.9 Å². The normalized spacial score (nSPS) is 18.7. The lowest BCUT2D eigenvalue weighted by molar-refractivity contribution is -0.168. The Kier molecular flexibility index (Phi) is 10.4. The third-order valence-corrected chi connectivity index (χ3v) is 9.54. The zero-order valence-electron chi connectivity index (χ0n) is 26.9. The average Bonchev–Trinajstić information content (AvgIpc) is 3.12. The van der Waals surface area contributed by atoms with Gasteiger partial charge in [-0.1, -0.05) is 103 Å². The van der Waals surface area contributed by atoms with Crippen molar-refractivity contribution in [3.8, 4) is 22.3 Å². The third-order valence-electron chi connectivity index (χ3n) is 9.54. The highest BCUT2D eigenvalue weighted by atomic mass is 16.7. The van der Waals surface area contributed by atoms with Crippen LogP contribution in [-0.2, 0) is 32.0 Å². The fraction of sp³-hybridized carbons (Fsp3) is 0.381. The number of benzene rings is 5. The summed E-state index contributed by atoms with van der Waals surface area (Å²) in [5.74, 6) is 0. The van der Waals surface area contributed by atoms with E-state index in [0.29, 0.717) is 6.61 Å². The molecule has 5 aromatic rings. The van der Waals surface area contributed by atoms with Gasteiger partial charge >= 0.3 is 0 Å². The van der Waals surface area contributed by atoms with E-state index < -0.39 is 0 Å². The van der Waals surface area contributed by atoms with Crippen molar-refractivity contribution in [3.63, 3.8) is 0 Å². The van der Waals surface area contributed by atoms with Crippen molar-refractivity contribution >= 4 is 21.5 Å². The molecule has 7 rings (SSSR count). The van der Waals surface area contributed by atoms with Crippen molar-refractivity contribution in [2.75, 3.05) is 19.8 Å². The maximum absolute atomic E-state index is 6.05. The van der Waals surface area contributed by atoms with E-state index in [1.807, 2.05) is 0 Å². The van der Waals surface area contributed by atoms with Gasteiger partial charge in [0.1, 0.15) is 0 Å². The molecule has 2 unspecified atom stereocenters. The largest absolute Gasteiger partial charge is 0.353 e. The second-order valence-electron chi connectivity index (χ2n) is 12.8. The Balaban J connectivity index is 1.08. The van der Waals surface area contributed by atoms with Crippen LogP contribution in [0, 0.1) is 0 Å². The van der Waals surface area contributed by atoms with Gasteiger partial charge in [0, 0.05) is 19.8 Å². The average molecular weight is 615 g/mol. The Morgan fingerprint density at radius 3 is 1.50 bits per heavy atom. The van der Waals surface area contributed by atoms with Crippen molar-refractivity contribution in [1.82, 2.24) is 0 Å². The summed E-state index contributed by atoms with van der Waals surface area (Å²) in [6.45, 7) is 3.02. The van der Waals surface area contributed by atoms with Gasteiger partial charge in [0.05, 0.1) is 6.61 Å². The van der Waals surface area contributed by atoms with Gasteiger partial charge in [-0.3, -0.25) is 0 Å². The number of hydrogen-bond donors (Lipinski definition) is 0. The highest BCUT2D eigenvalue weighted by Gasteiger charge is 2.18. The first kappa shape index (κ1) is 31.1. The lowest BCUT2D eigenvalue weighted by Gasteiger charge is -2.22. The Labute approximate surface area is 273 Å². The van der Waals surface area contributed by atoms with Gasteiger partial charge in [0.2, 0.25) is 0 Å². The van der Waals surface area contributed by atoms with E-state index in [4.69, 9.17) is 18.9 Å². The first-order valence-corrected chi connectivity index (χ1v) is 17.4. The molecule has 2 aliphatic heterocycles. The Bertz CT molecular complexity index is 1640. The van der Waals surface area contributed by atoms with Crippen molar-refractivity contribution < 1.29 is 18.9 Å². The van der Waals surface area contributed by atoms with E-state index in [9.17, 15) is 0 Å². The molecule has 0 radical (unpaired) electrons. The first-order valence-electron chi connectivity index (χ1n) is 17.4. The lowest BCUT2D eigenvalue weighted by atomic mass is 9.85. The van der Waals surface area contributed by atoms with Crippen LogP contribution in [0.3, 0.4) is 0 Å². The molecule has 0 aliphatic carbocycles. The molecule has 2 saturated heterocycles. The number of ether oxygens (including phenoxy) is 4. The summed E-state index contributed by atoms with van der Waals surface area (Å²) in [5.41, 5.74) is 7.65. The van der Waals surface area contributed by atoms with E-state index in [-0.39, 0.29) is 12.6 Å². The summed E-state index contributed by atoms with van der Waals surface area (Å²) in [6, 6.07) is 35.9. The molecule has 2 fully saturated rings. The molecule has 0 N–H and O–H groups in total. The number of unbranched alkanes of at least 4 members (excludes halogenated alkanes) is 2. The summed E-state index contributed by atoms with van der Waals surface area (Å²) in [7, 11) is 0. The molecule has 2 atom stereocenters. The van der Waals surface area contributed by atoms with Gasteiger partial charge in [-0.2, -0.15) is 0 Å². The van der Waals surface area contributed by atoms with E-state index >= 15 is 0 Å². The minimum Gasteiger partial charge on any atom is -0.353 e. The summed E-state index contributed by atoms with van der Waals surface area (Å²) in [5, 5.41) is 5.13. The second kappa shape index (κ2) is 15.4. The molecule has 4 nitrogen and oxygen atoms in total. The fourth-order valence-electron chi connectivity index (χ4n) is 7.05. The van der Waals surface area contributed by atoms with Crippen LogP contribution in [0.2, 0.25) is 0 Å². The zero-order chi connectivity index (χ0) is 31.0. The Morgan fingerprint density at radius 1 is 0.500 bits per heavy atom. The quantitative estimate of drug-likeness (QED) is 0.103. The van der Waals surface area contributed by atoms with Gasteiger partial charge in [0.25, 0.3) is 0 Å². The topological polar surface area (TPSA) is 36.9 Å². The van der Waals surface area contributed by atoms with E-state index in [0.717, 1.165) is 51.9 Å². The maximum Gasteiger partial charge on any atom is 0.158 e. The van der Waals surface area contributed by atoms with E-state index in [2.05, 4.69) is 97.1 Å². The third kappa shape index (κ3) is 7.37. The van der Waals surface area contributed by atoms with Gasteiger partial charge in [0.15, 0.2) is 12.6 Å². The smallest absolute Gasteiger partial charge is 0.158 e. The van der Waals surface area contributed by atoms with Crippen molar-refractivity contribution in [2.24, 2.45) is 0 Å². The van der Waals surface area contributed by atoms with Crippen LogP contribution in [0.1, 0.15) is 68.9 Å². The lowest BCUT2D eigenvalue weighted by Crippen LogP contribution is -2.22. The maximum atomic E-state index is 6.05. The molecular weight excluding hydrogens is 568 g/mol. The second-order valence-corrected chi connectivity index (χ2v) is 12.8. The van der Waals surface area contributed by atoms with E-state index in [1.54, 1.807) is 0 Å². The molecule has 2 aliphatic rings. The predicted molar refractivity (Wildman–Crippen MR) is 188 cm³/mol. The molecule has 0 aromatic heterocycles. The molecule has 0 saturated carbocycles. The molecule has 0 amide bonds.